The van der Waals surface area contributed by atoms with Crippen LogP contribution in [0.2, 0.25) is 0 Å². The van der Waals surface area contributed by atoms with E-state index in [0.717, 1.165) is 11.9 Å². The van der Waals surface area contributed by atoms with Crippen molar-refractivity contribution in [3.8, 4) is 0 Å². The third-order valence-electron chi connectivity index (χ3n) is 2.92. The first-order chi connectivity index (χ1) is 9.76. The molecule has 0 amide bonds. The summed E-state index contributed by atoms with van der Waals surface area (Å²) in [5.74, 6) is 1.90. The maximum atomic E-state index is 5.01. The number of nitrogens with one attached hydrogen (secondary N) is 1. The summed E-state index contributed by atoms with van der Waals surface area (Å²) in [6.07, 6.45) is 4.09. The van der Waals surface area contributed by atoms with Crippen molar-refractivity contribution in [1.29, 1.82) is 0 Å². The van der Waals surface area contributed by atoms with E-state index in [9.17, 15) is 0 Å². The second kappa shape index (κ2) is 5.20. The van der Waals surface area contributed by atoms with Gasteiger partial charge in [0.15, 0.2) is 11.5 Å². The van der Waals surface area contributed by atoms with E-state index in [1.165, 1.54) is 0 Å². The van der Waals surface area contributed by atoms with Gasteiger partial charge in [0.25, 0.3) is 0 Å². The summed E-state index contributed by atoms with van der Waals surface area (Å²) in [6.45, 7) is 3.82. The maximum Gasteiger partial charge on any atom is 0.223 e. The van der Waals surface area contributed by atoms with Crippen LogP contribution in [0.5, 0.6) is 0 Å². The number of hydrogen-bond acceptors (Lipinski definition) is 7. The van der Waals surface area contributed by atoms with Crippen molar-refractivity contribution in [2.45, 2.75) is 26.3 Å². The van der Waals surface area contributed by atoms with Crippen LogP contribution in [0.3, 0.4) is 0 Å². The van der Waals surface area contributed by atoms with Crippen molar-refractivity contribution in [1.82, 2.24) is 25.1 Å². The fraction of sp³-hybridized carbons (Fsp3) is 0.308. The number of hydrogen-bond donors (Lipinski definition) is 1. The van der Waals surface area contributed by atoms with Gasteiger partial charge in [-0.05, 0) is 18.6 Å². The Hall–Kier alpha value is -2.57. The van der Waals surface area contributed by atoms with Crippen LogP contribution < -0.4 is 5.32 Å². The Labute approximate surface area is 115 Å². The normalized spacial score (nSPS) is 12.5. The molecule has 1 N–H and O–H groups in total. The molecular weight excluding hydrogens is 256 g/mol. The molecule has 0 aliphatic rings. The summed E-state index contributed by atoms with van der Waals surface area (Å²) in [5.41, 5.74) is 1.37. The van der Waals surface area contributed by atoms with E-state index in [1.807, 2.05) is 19.1 Å². The number of nitrogens with zero attached hydrogens (tertiary/aromatic N) is 5. The highest BCUT2D eigenvalue weighted by molar-refractivity contribution is 5.71. The molecule has 102 valence electrons. The van der Waals surface area contributed by atoms with Crippen molar-refractivity contribution in [2.24, 2.45) is 0 Å². The third kappa shape index (κ3) is 2.42. The second-order valence-corrected chi connectivity index (χ2v) is 4.37. The molecule has 0 saturated carbocycles. The van der Waals surface area contributed by atoms with Gasteiger partial charge in [-0.1, -0.05) is 12.1 Å². The molecule has 1 atom stereocenters. The number of pyridine rings is 1. The highest BCUT2D eigenvalue weighted by atomic mass is 16.5. The summed E-state index contributed by atoms with van der Waals surface area (Å²) in [6, 6.07) is 3.70. The van der Waals surface area contributed by atoms with Crippen molar-refractivity contribution < 1.29 is 4.52 Å². The molecule has 3 rings (SSSR count). The van der Waals surface area contributed by atoms with Gasteiger partial charge in [-0.3, -0.25) is 4.98 Å². The zero-order valence-electron chi connectivity index (χ0n) is 11.2. The zero-order chi connectivity index (χ0) is 13.9. The van der Waals surface area contributed by atoms with Crippen LogP contribution in [0.25, 0.3) is 11.2 Å². The zero-order valence-corrected chi connectivity index (χ0v) is 11.2. The second-order valence-electron chi connectivity index (χ2n) is 4.37. The molecule has 7 heteroatoms. The Balaban J connectivity index is 1.87. The molecule has 3 heterocycles. The molecule has 0 spiro atoms. The number of aryl methyl sites for hydroxylation is 1. The smallest absolute Gasteiger partial charge is 0.223 e. The van der Waals surface area contributed by atoms with E-state index in [1.54, 1.807) is 19.3 Å². The minimum Gasteiger partial charge on any atom is -0.360 e. The van der Waals surface area contributed by atoms with Gasteiger partial charge in [-0.15, -0.1) is 0 Å². The molecule has 0 radical (unpaired) electrons. The lowest BCUT2D eigenvalue weighted by Crippen LogP contribution is -2.12. The fourth-order valence-corrected chi connectivity index (χ4v) is 1.92. The predicted octanol–water partition coefficient (Wildman–Crippen LogP) is 2.28. The van der Waals surface area contributed by atoms with E-state index < -0.39 is 0 Å². The van der Waals surface area contributed by atoms with Crippen LogP contribution in [0, 0.1) is 6.92 Å². The molecule has 20 heavy (non-hydrogen) atoms. The van der Waals surface area contributed by atoms with Crippen LogP contribution in [-0.2, 0) is 0 Å². The average molecular weight is 270 g/mol. The standard InChI is InChI=1S/C13H14N6O/c1-3-9(13-16-8(2)20-19-13)17-11-5-4-10-12(18-11)15-7-6-14-10/h4-7,9H,3H2,1-2H3,(H,15,17,18). The van der Waals surface area contributed by atoms with Gasteiger partial charge in [0.05, 0.1) is 6.04 Å². The first-order valence-electron chi connectivity index (χ1n) is 6.41. The third-order valence-corrected chi connectivity index (χ3v) is 2.92. The molecule has 3 aromatic heterocycles. The molecule has 0 fully saturated rings. The van der Waals surface area contributed by atoms with Gasteiger partial charge in [0.1, 0.15) is 11.3 Å². The van der Waals surface area contributed by atoms with Gasteiger partial charge in [0.2, 0.25) is 5.89 Å². The van der Waals surface area contributed by atoms with Gasteiger partial charge in [-0.25, -0.2) is 9.97 Å². The van der Waals surface area contributed by atoms with Crippen LogP contribution in [0.4, 0.5) is 5.82 Å². The van der Waals surface area contributed by atoms with Crippen molar-refractivity contribution >= 4 is 17.0 Å². The summed E-state index contributed by atoms with van der Waals surface area (Å²) >= 11 is 0. The molecule has 0 aliphatic carbocycles. The lowest BCUT2D eigenvalue weighted by molar-refractivity contribution is 0.384. The van der Waals surface area contributed by atoms with E-state index >= 15 is 0 Å². The number of rotatable bonds is 4. The van der Waals surface area contributed by atoms with Crippen molar-refractivity contribution in [3.63, 3.8) is 0 Å². The first-order valence-corrected chi connectivity index (χ1v) is 6.41. The van der Waals surface area contributed by atoms with E-state index in [0.29, 0.717) is 23.2 Å². The van der Waals surface area contributed by atoms with Gasteiger partial charge in [-0.2, -0.15) is 4.98 Å². The molecular formula is C13H14N6O. The molecule has 7 nitrogen and oxygen atoms in total. The highest BCUT2D eigenvalue weighted by Crippen LogP contribution is 2.20. The van der Waals surface area contributed by atoms with Gasteiger partial charge in [0, 0.05) is 19.3 Å². The van der Waals surface area contributed by atoms with Crippen molar-refractivity contribution in [2.75, 3.05) is 5.32 Å². The minimum absolute atomic E-state index is 0.0472. The van der Waals surface area contributed by atoms with E-state index in [-0.39, 0.29) is 6.04 Å². The van der Waals surface area contributed by atoms with E-state index in [2.05, 4.69) is 30.4 Å². The Kier molecular flexibility index (Phi) is 3.24. The highest BCUT2D eigenvalue weighted by Gasteiger charge is 2.16. The summed E-state index contributed by atoms with van der Waals surface area (Å²) < 4.78 is 5.01. The van der Waals surface area contributed by atoms with Crippen molar-refractivity contribution in [3.05, 3.63) is 36.2 Å². The van der Waals surface area contributed by atoms with Gasteiger partial charge < -0.3 is 9.84 Å². The number of anilines is 1. The Morgan fingerprint density at radius 2 is 2.05 bits per heavy atom. The largest absolute Gasteiger partial charge is 0.360 e. The predicted molar refractivity (Wildman–Crippen MR) is 73.0 cm³/mol. The number of aromatic nitrogens is 5. The lowest BCUT2D eigenvalue weighted by atomic mass is 10.2. The molecule has 0 aromatic carbocycles. The maximum absolute atomic E-state index is 5.01. The van der Waals surface area contributed by atoms with Crippen LogP contribution in [-0.4, -0.2) is 25.1 Å². The van der Waals surface area contributed by atoms with Gasteiger partial charge >= 0.3 is 0 Å². The molecule has 0 bridgehead atoms. The number of fused-ring (bicyclic) bond motifs is 1. The lowest BCUT2D eigenvalue weighted by Gasteiger charge is -2.13. The minimum atomic E-state index is -0.0472. The first kappa shape index (κ1) is 12.5. The molecule has 3 aromatic rings. The molecule has 0 saturated heterocycles. The van der Waals surface area contributed by atoms with Crippen LogP contribution >= 0.6 is 0 Å². The Morgan fingerprint density at radius 1 is 1.20 bits per heavy atom. The molecule has 1 unspecified atom stereocenters. The average Bonchev–Trinajstić information content (AvgIpc) is 2.91. The topological polar surface area (TPSA) is 89.6 Å². The summed E-state index contributed by atoms with van der Waals surface area (Å²) in [5, 5.41) is 7.23. The fourth-order valence-electron chi connectivity index (χ4n) is 1.92. The SMILES string of the molecule is CCC(Nc1ccc2nccnc2n1)c1noc(C)n1. The van der Waals surface area contributed by atoms with Crippen LogP contribution in [0.15, 0.2) is 29.0 Å². The Bertz CT molecular complexity index is 725. The monoisotopic (exact) mass is 270 g/mol. The quantitative estimate of drug-likeness (QED) is 0.777. The van der Waals surface area contributed by atoms with Crippen LogP contribution in [0.1, 0.15) is 31.1 Å². The Morgan fingerprint density at radius 3 is 2.80 bits per heavy atom. The summed E-state index contributed by atoms with van der Waals surface area (Å²) in [4.78, 5) is 17.0. The summed E-state index contributed by atoms with van der Waals surface area (Å²) in [7, 11) is 0. The molecule has 0 aliphatic heterocycles. The van der Waals surface area contributed by atoms with E-state index in [4.69, 9.17) is 4.52 Å².